The molecule has 2 aromatic carbocycles. The Bertz CT molecular complexity index is 1180. The maximum atomic E-state index is 13.3. The van der Waals surface area contributed by atoms with Crippen LogP contribution in [-0.4, -0.2) is 46.9 Å². The zero-order valence-electron chi connectivity index (χ0n) is 24.3. The maximum absolute atomic E-state index is 13.3. The Morgan fingerprint density at radius 2 is 1.41 bits per heavy atom. The van der Waals surface area contributed by atoms with E-state index in [1.807, 2.05) is 39.0 Å². The number of carbonyl (C=O) groups is 5. The molecule has 0 fully saturated rings. The van der Waals surface area contributed by atoms with Gasteiger partial charge in [-0.15, -0.1) is 0 Å². The van der Waals surface area contributed by atoms with E-state index in [0.717, 1.165) is 5.56 Å². The first-order chi connectivity index (χ1) is 19.3. The Hall–Kier alpha value is -4.21. The van der Waals surface area contributed by atoms with Crippen LogP contribution in [-0.2, 0) is 30.5 Å². The van der Waals surface area contributed by atoms with Gasteiger partial charge in [-0.05, 0) is 28.9 Å². The molecule has 0 aliphatic carbocycles. The molecule has 0 aromatic heterocycles. The highest BCUT2D eigenvalue weighted by molar-refractivity contribution is 5.93. The summed E-state index contributed by atoms with van der Waals surface area (Å²) < 4.78 is 5.25. The zero-order valence-corrected chi connectivity index (χ0v) is 24.3. The molecular weight excluding hydrogens is 526 g/mol. The molecular formula is C31H41N3O7. The number of amides is 3. The average Bonchev–Trinajstić information content (AvgIpc) is 2.91. The van der Waals surface area contributed by atoms with E-state index in [-0.39, 0.29) is 43.0 Å². The van der Waals surface area contributed by atoms with Gasteiger partial charge in [0.2, 0.25) is 11.8 Å². The van der Waals surface area contributed by atoms with Crippen LogP contribution in [0.2, 0.25) is 0 Å². The molecule has 0 bridgehead atoms. The van der Waals surface area contributed by atoms with Crippen molar-refractivity contribution >= 4 is 29.7 Å². The summed E-state index contributed by atoms with van der Waals surface area (Å²) in [6.45, 7) is 9.22. The fourth-order valence-corrected chi connectivity index (χ4v) is 4.12. The molecule has 0 saturated heterocycles. The quantitative estimate of drug-likeness (QED) is 0.268. The molecule has 4 N–H and O–H groups in total. The number of benzene rings is 2. The second-order valence-corrected chi connectivity index (χ2v) is 11.5. The van der Waals surface area contributed by atoms with Gasteiger partial charge in [-0.3, -0.25) is 14.4 Å². The van der Waals surface area contributed by atoms with Gasteiger partial charge in [0.15, 0.2) is 6.04 Å². The SMILES string of the molecule is CC(C)[C@H](NC(=O)OCc1ccccc1)C(=O)N[C@@H](CCC(=O)CC(C)(C)C)C(=O)N[C@@H](C(=O)O)c1ccccc1. The van der Waals surface area contributed by atoms with Crippen molar-refractivity contribution in [1.29, 1.82) is 0 Å². The highest BCUT2D eigenvalue weighted by atomic mass is 16.5. The number of Topliss-reactive ketones (excluding diaryl/α,β-unsaturated/α-hetero) is 1. The van der Waals surface area contributed by atoms with Crippen LogP contribution in [0.1, 0.15) is 71.0 Å². The molecule has 0 unspecified atom stereocenters. The molecule has 0 heterocycles. The van der Waals surface area contributed by atoms with Crippen molar-refractivity contribution in [3.63, 3.8) is 0 Å². The number of carbonyl (C=O) groups excluding carboxylic acids is 4. The first-order valence-corrected chi connectivity index (χ1v) is 13.6. The lowest BCUT2D eigenvalue weighted by Crippen LogP contribution is -2.56. The number of ether oxygens (including phenoxy) is 1. The van der Waals surface area contributed by atoms with Gasteiger partial charge in [-0.1, -0.05) is 95.3 Å². The van der Waals surface area contributed by atoms with Gasteiger partial charge in [0, 0.05) is 12.8 Å². The number of carboxylic acid groups (broad SMARTS) is 1. The van der Waals surface area contributed by atoms with Gasteiger partial charge in [0.1, 0.15) is 24.5 Å². The average molecular weight is 568 g/mol. The summed E-state index contributed by atoms with van der Waals surface area (Å²) in [6.07, 6.45) is -0.575. The third-order valence-corrected chi connectivity index (χ3v) is 6.17. The number of hydrogen-bond donors (Lipinski definition) is 4. The van der Waals surface area contributed by atoms with Gasteiger partial charge < -0.3 is 25.8 Å². The minimum atomic E-state index is -1.36. The van der Waals surface area contributed by atoms with Crippen molar-refractivity contribution in [2.75, 3.05) is 0 Å². The van der Waals surface area contributed by atoms with Crippen LogP contribution >= 0.6 is 0 Å². The normalized spacial score (nSPS) is 13.4. The summed E-state index contributed by atoms with van der Waals surface area (Å²) >= 11 is 0. The van der Waals surface area contributed by atoms with Gasteiger partial charge >= 0.3 is 12.1 Å². The topological polar surface area (TPSA) is 151 Å². The maximum Gasteiger partial charge on any atom is 0.408 e. The molecule has 0 aliphatic rings. The minimum Gasteiger partial charge on any atom is -0.479 e. The molecule has 0 spiro atoms. The lowest BCUT2D eigenvalue weighted by molar-refractivity contribution is -0.142. The third-order valence-electron chi connectivity index (χ3n) is 6.17. The molecule has 10 nitrogen and oxygen atoms in total. The fraction of sp³-hybridized carbons (Fsp3) is 0.452. The van der Waals surface area contributed by atoms with Crippen LogP contribution in [0.25, 0.3) is 0 Å². The third kappa shape index (κ3) is 11.8. The Morgan fingerprint density at radius 1 is 0.829 bits per heavy atom. The molecule has 0 saturated carbocycles. The summed E-state index contributed by atoms with van der Waals surface area (Å²) in [4.78, 5) is 63.7. The molecule has 3 amide bonds. The van der Waals surface area contributed by atoms with E-state index in [1.165, 1.54) is 0 Å². The molecule has 2 rings (SSSR count). The van der Waals surface area contributed by atoms with Crippen molar-refractivity contribution in [3.8, 4) is 0 Å². The smallest absolute Gasteiger partial charge is 0.408 e. The highest BCUT2D eigenvalue weighted by Crippen LogP contribution is 2.21. The Kier molecular flexibility index (Phi) is 12.5. The highest BCUT2D eigenvalue weighted by Gasteiger charge is 2.32. The number of nitrogens with one attached hydrogen (secondary N) is 3. The number of aliphatic carboxylic acids is 1. The first kappa shape index (κ1) is 33.0. The minimum absolute atomic E-state index is 0.00238. The lowest BCUT2D eigenvalue weighted by Gasteiger charge is -2.26. The summed E-state index contributed by atoms with van der Waals surface area (Å²) in [5.74, 6) is -3.16. The van der Waals surface area contributed by atoms with Crippen LogP contribution in [0.5, 0.6) is 0 Å². The Balaban J connectivity index is 2.17. The van der Waals surface area contributed by atoms with Crippen molar-refractivity contribution in [1.82, 2.24) is 16.0 Å². The zero-order chi connectivity index (χ0) is 30.6. The van der Waals surface area contributed by atoms with Crippen molar-refractivity contribution in [3.05, 3.63) is 71.8 Å². The summed E-state index contributed by atoms with van der Waals surface area (Å²) in [5, 5.41) is 17.4. The predicted molar refractivity (Wildman–Crippen MR) is 154 cm³/mol. The van der Waals surface area contributed by atoms with Crippen LogP contribution < -0.4 is 16.0 Å². The van der Waals surface area contributed by atoms with Gasteiger partial charge in [-0.25, -0.2) is 9.59 Å². The van der Waals surface area contributed by atoms with E-state index in [4.69, 9.17) is 4.74 Å². The van der Waals surface area contributed by atoms with Gasteiger partial charge in [0.25, 0.3) is 0 Å². The van der Waals surface area contributed by atoms with Crippen LogP contribution in [0.3, 0.4) is 0 Å². The van der Waals surface area contributed by atoms with E-state index in [1.54, 1.807) is 56.3 Å². The Morgan fingerprint density at radius 3 is 1.95 bits per heavy atom. The lowest BCUT2D eigenvalue weighted by atomic mass is 9.88. The largest absolute Gasteiger partial charge is 0.479 e. The Labute approximate surface area is 241 Å². The van der Waals surface area contributed by atoms with E-state index >= 15 is 0 Å². The standard InChI is InChI=1S/C31H41N3O7/c1-20(2)25(34-30(40)41-19-21-12-8-6-9-13-21)28(37)32-24(17-16-23(35)18-31(3,4)5)27(36)33-26(29(38)39)22-14-10-7-11-15-22/h6-15,20,24-26H,16-19H2,1-5H3,(H,32,37)(H,33,36)(H,34,40)(H,38,39)/t24-,25-,26+/m0/s1. The molecule has 41 heavy (non-hydrogen) atoms. The van der Waals surface area contributed by atoms with E-state index in [2.05, 4.69) is 16.0 Å². The monoisotopic (exact) mass is 567 g/mol. The van der Waals surface area contributed by atoms with E-state index in [9.17, 15) is 29.1 Å². The summed E-state index contributed by atoms with van der Waals surface area (Å²) in [5.41, 5.74) is 0.869. The second kappa shape index (κ2) is 15.5. The van der Waals surface area contributed by atoms with E-state index < -0.39 is 42.0 Å². The first-order valence-electron chi connectivity index (χ1n) is 13.6. The van der Waals surface area contributed by atoms with Crippen molar-refractivity contribution in [2.45, 2.75) is 78.6 Å². The fourth-order valence-electron chi connectivity index (χ4n) is 4.12. The molecule has 3 atom stereocenters. The molecule has 222 valence electrons. The van der Waals surface area contributed by atoms with Crippen LogP contribution in [0.15, 0.2) is 60.7 Å². The van der Waals surface area contributed by atoms with Crippen LogP contribution in [0, 0.1) is 11.3 Å². The van der Waals surface area contributed by atoms with Crippen molar-refractivity contribution < 1.29 is 33.8 Å². The summed E-state index contributed by atoms with van der Waals surface area (Å²) in [7, 11) is 0. The number of alkyl carbamates (subject to hydrolysis) is 1. The number of ketones is 1. The number of hydrogen-bond acceptors (Lipinski definition) is 6. The van der Waals surface area contributed by atoms with Crippen molar-refractivity contribution in [2.24, 2.45) is 11.3 Å². The van der Waals surface area contributed by atoms with E-state index in [0.29, 0.717) is 5.56 Å². The number of rotatable bonds is 14. The van der Waals surface area contributed by atoms with Gasteiger partial charge in [0.05, 0.1) is 0 Å². The molecule has 0 radical (unpaired) electrons. The molecule has 2 aromatic rings. The molecule has 0 aliphatic heterocycles. The second-order valence-electron chi connectivity index (χ2n) is 11.5. The van der Waals surface area contributed by atoms with Gasteiger partial charge in [-0.2, -0.15) is 0 Å². The summed E-state index contributed by atoms with van der Waals surface area (Å²) in [6, 6.07) is 13.6. The van der Waals surface area contributed by atoms with Crippen LogP contribution in [0.4, 0.5) is 4.79 Å². The predicted octanol–water partition coefficient (Wildman–Crippen LogP) is 4.15. The number of carboxylic acids is 1. The molecule has 10 heteroatoms.